The summed E-state index contributed by atoms with van der Waals surface area (Å²) in [6, 6.07) is 3.87. The molecule has 2 heterocycles. The standard InChI is InChI=1S/C22H20N2O2/c1-23-17-9-5-3-7-13(17)21(25)15-12-20-16(11-19(15)23)22(26)14-8-4-6-10-18(14)24(20)2/h3-14,17-18H,1-2H3. The fraction of sp³-hybridized carbons (Fsp3) is 0.273. The minimum absolute atomic E-state index is 0.0136. The summed E-state index contributed by atoms with van der Waals surface area (Å²) in [5.41, 5.74) is 3.12. The van der Waals surface area contributed by atoms with Crippen LogP contribution < -0.4 is 9.80 Å². The van der Waals surface area contributed by atoms with Crippen LogP contribution in [0.3, 0.4) is 0 Å². The van der Waals surface area contributed by atoms with E-state index < -0.39 is 0 Å². The second-order valence-electron chi connectivity index (χ2n) is 7.41. The van der Waals surface area contributed by atoms with E-state index in [9.17, 15) is 9.59 Å². The normalized spacial score (nSPS) is 30.8. The average Bonchev–Trinajstić information content (AvgIpc) is 2.69. The minimum Gasteiger partial charge on any atom is -0.366 e. The van der Waals surface area contributed by atoms with E-state index in [-0.39, 0.29) is 35.5 Å². The molecule has 0 fully saturated rings. The summed E-state index contributed by atoms with van der Waals surface area (Å²) in [7, 11) is 4.00. The zero-order chi connectivity index (χ0) is 18.0. The van der Waals surface area contributed by atoms with Crippen molar-refractivity contribution in [1.82, 2.24) is 0 Å². The molecule has 2 aliphatic heterocycles. The quantitative estimate of drug-likeness (QED) is 0.725. The smallest absolute Gasteiger partial charge is 0.174 e. The first kappa shape index (κ1) is 15.4. The van der Waals surface area contributed by atoms with Crippen molar-refractivity contribution in [3.05, 3.63) is 71.9 Å². The van der Waals surface area contributed by atoms with Gasteiger partial charge in [0.25, 0.3) is 0 Å². The molecule has 0 aromatic heterocycles. The molecule has 130 valence electrons. The number of fused-ring (bicyclic) bond motifs is 4. The van der Waals surface area contributed by atoms with E-state index in [0.717, 1.165) is 11.4 Å². The van der Waals surface area contributed by atoms with E-state index in [0.29, 0.717) is 11.1 Å². The molecule has 4 nitrogen and oxygen atoms in total. The third-order valence-corrected chi connectivity index (χ3v) is 6.12. The van der Waals surface area contributed by atoms with Crippen molar-refractivity contribution in [3.63, 3.8) is 0 Å². The molecule has 1 aromatic carbocycles. The van der Waals surface area contributed by atoms with Gasteiger partial charge in [0.05, 0.1) is 23.9 Å². The van der Waals surface area contributed by atoms with Crippen molar-refractivity contribution in [1.29, 1.82) is 0 Å². The maximum atomic E-state index is 13.1. The highest BCUT2D eigenvalue weighted by Crippen LogP contribution is 2.43. The highest BCUT2D eigenvalue weighted by molar-refractivity contribution is 6.13. The van der Waals surface area contributed by atoms with Crippen molar-refractivity contribution < 1.29 is 9.59 Å². The lowest BCUT2D eigenvalue weighted by molar-refractivity contribution is 0.0916. The Bertz CT molecular complexity index is 875. The van der Waals surface area contributed by atoms with Crippen LogP contribution in [0.2, 0.25) is 0 Å². The zero-order valence-corrected chi connectivity index (χ0v) is 14.8. The van der Waals surface area contributed by atoms with Crippen LogP contribution in [0.15, 0.2) is 60.7 Å². The van der Waals surface area contributed by atoms with E-state index in [1.54, 1.807) is 0 Å². The largest absolute Gasteiger partial charge is 0.366 e. The number of rotatable bonds is 0. The maximum Gasteiger partial charge on any atom is 0.174 e. The van der Waals surface area contributed by atoms with E-state index in [1.165, 1.54) is 0 Å². The summed E-state index contributed by atoms with van der Waals surface area (Å²) >= 11 is 0. The van der Waals surface area contributed by atoms with Gasteiger partial charge >= 0.3 is 0 Å². The van der Waals surface area contributed by atoms with Crippen molar-refractivity contribution in [3.8, 4) is 0 Å². The van der Waals surface area contributed by atoms with E-state index in [1.807, 2.05) is 62.7 Å². The number of nitrogens with zero attached hydrogens (tertiary/aromatic N) is 2. The average molecular weight is 344 g/mol. The van der Waals surface area contributed by atoms with Crippen LogP contribution in [-0.2, 0) is 0 Å². The summed E-state index contributed by atoms with van der Waals surface area (Å²) in [6.07, 6.45) is 15.9. The van der Waals surface area contributed by atoms with Crippen LogP contribution >= 0.6 is 0 Å². The van der Waals surface area contributed by atoms with Crippen molar-refractivity contribution in [2.24, 2.45) is 11.8 Å². The number of Topliss-reactive ketones (excluding diaryl/α,β-unsaturated/α-hetero) is 2. The highest BCUT2D eigenvalue weighted by Gasteiger charge is 2.41. The Balaban J connectivity index is 1.69. The summed E-state index contributed by atoms with van der Waals surface area (Å²) < 4.78 is 0. The van der Waals surface area contributed by atoms with Gasteiger partial charge in [-0.1, -0.05) is 48.6 Å². The summed E-state index contributed by atoms with van der Waals surface area (Å²) in [4.78, 5) is 30.5. The first-order valence-corrected chi connectivity index (χ1v) is 9.00. The molecule has 0 saturated carbocycles. The van der Waals surface area contributed by atoms with Gasteiger partial charge in [-0.3, -0.25) is 9.59 Å². The van der Waals surface area contributed by atoms with Gasteiger partial charge in [0.2, 0.25) is 0 Å². The van der Waals surface area contributed by atoms with Gasteiger partial charge in [-0.05, 0) is 12.1 Å². The number of likely N-dealkylation sites (N-methyl/N-ethyl adjacent to an activating group) is 2. The van der Waals surface area contributed by atoms with E-state index >= 15 is 0 Å². The van der Waals surface area contributed by atoms with Crippen LogP contribution in [0.5, 0.6) is 0 Å². The summed E-state index contributed by atoms with van der Waals surface area (Å²) in [5, 5.41) is 0. The van der Waals surface area contributed by atoms with Crippen LogP contribution in [0, 0.1) is 11.8 Å². The topological polar surface area (TPSA) is 40.6 Å². The van der Waals surface area contributed by atoms with Crippen LogP contribution in [0.1, 0.15) is 20.7 Å². The Labute approximate surface area is 152 Å². The fourth-order valence-corrected chi connectivity index (χ4v) is 4.65. The maximum absolute atomic E-state index is 13.1. The Morgan fingerprint density at radius 3 is 1.46 bits per heavy atom. The highest BCUT2D eigenvalue weighted by atomic mass is 16.1. The number of anilines is 2. The molecular formula is C22H20N2O2. The van der Waals surface area contributed by atoms with Gasteiger partial charge < -0.3 is 9.80 Å². The first-order valence-electron chi connectivity index (χ1n) is 9.00. The third kappa shape index (κ3) is 1.90. The van der Waals surface area contributed by atoms with Gasteiger partial charge in [-0.25, -0.2) is 0 Å². The van der Waals surface area contributed by atoms with Gasteiger partial charge in [-0.15, -0.1) is 0 Å². The van der Waals surface area contributed by atoms with Gasteiger partial charge in [0.15, 0.2) is 11.6 Å². The molecule has 4 aliphatic rings. The Morgan fingerprint density at radius 1 is 0.654 bits per heavy atom. The number of allylic oxidation sites excluding steroid dienone is 4. The second-order valence-corrected chi connectivity index (χ2v) is 7.41. The van der Waals surface area contributed by atoms with Crippen molar-refractivity contribution in [2.75, 3.05) is 23.9 Å². The lowest BCUT2D eigenvalue weighted by Gasteiger charge is -2.43. The molecule has 0 spiro atoms. The molecule has 4 heteroatoms. The number of carbonyl (C=O) groups excluding carboxylic acids is 2. The van der Waals surface area contributed by atoms with Crippen LogP contribution in [0.25, 0.3) is 0 Å². The Kier molecular flexibility index (Phi) is 3.14. The minimum atomic E-state index is -0.162. The van der Waals surface area contributed by atoms with Gasteiger partial charge in [0, 0.05) is 36.6 Å². The number of ketones is 2. The third-order valence-electron chi connectivity index (χ3n) is 6.12. The molecular weight excluding hydrogens is 324 g/mol. The second kappa shape index (κ2) is 5.31. The SMILES string of the molecule is CN1c2cc3c(cc2C(=O)C2C=CC=CC21)N(C)C1C=CC=CC1C3=O. The molecule has 4 atom stereocenters. The van der Waals surface area contributed by atoms with E-state index in [4.69, 9.17) is 0 Å². The monoisotopic (exact) mass is 344 g/mol. The van der Waals surface area contributed by atoms with Crippen LogP contribution in [-0.4, -0.2) is 37.7 Å². The molecule has 0 radical (unpaired) electrons. The molecule has 4 unspecified atom stereocenters. The van der Waals surface area contributed by atoms with Crippen molar-refractivity contribution >= 4 is 22.9 Å². The Morgan fingerprint density at radius 2 is 1.04 bits per heavy atom. The number of hydrogen-bond acceptors (Lipinski definition) is 4. The predicted molar refractivity (Wildman–Crippen MR) is 103 cm³/mol. The molecule has 0 N–H and O–H groups in total. The molecule has 0 bridgehead atoms. The van der Waals surface area contributed by atoms with Gasteiger partial charge in [-0.2, -0.15) is 0 Å². The number of carbonyl (C=O) groups is 2. The zero-order valence-electron chi connectivity index (χ0n) is 14.8. The van der Waals surface area contributed by atoms with Crippen LogP contribution in [0.4, 0.5) is 11.4 Å². The Hall–Kier alpha value is -2.88. The molecule has 1 aromatic rings. The van der Waals surface area contributed by atoms with Crippen molar-refractivity contribution in [2.45, 2.75) is 12.1 Å². The molecule has 0 amide bonds. The fourth-order valence-electron chi connectivity index (χ4n) is 4.65. The number of benzene rings is 1. The molecule has 0 saturated heterocycles. The first-order chi connectivity index (χ1) is 12.6. The summed E-state index contributed by atoms with van der Waals surface area (Å²) in [5.74, 6) is -0.0575. The van der Waals surface area contributed by atoms with E-state index in [2.05, 4.69) is 22.0 Å². The summed E-state index contributed by atoms with van der Waals surface area (Å²) in [6.45, 7) is 0. The van der Waals surface area contributed by atoms with Gasteiger partial charge in [0.1, 0.15) is 0 Å². The molecule has 2 aliphatic carbocycles. The lowest BCUT2D eigenvalue weighted by Crippen LogP contribution is -2.47. The lowest BCUT2D eigenvalue weighted by atomic mass is 9.78. The predicted octanol–water partition coefficient (Wildman–Crippen LogP) is 3.17. The molecule has 5 rings (SSSR count). The molecule has 26 heavy (non-hydrogen) atoms. The number of hydrogen-bond donors (Lipinski definition) is 0.